The molecule has 0 radical (unpaired) electrons. The van der Waals surface area contributed by atoms with Gasteiger partial charge in [0, 0.05) is 16.5 Å². The van der Waals surface area contributed by atoms with Gasteiger partial charge in [0.05, 0.1) is 5.54 Å². The lowest BCUT2D eigenvalue weighted by Gasteiger charge is -2.27. The third-order valence-corrected chi connectivity index (χ3v) is 6.40. The molecule has 1 aliphatic rings. The van der Waals surface area contributed by atoms with Crippen LogP contribution in [-0.4, -0.2) is 13.4 Å². The minimum absolute atomic E-state index is 0.543. The average molecular weight is 348 g/mol. The van der Waals surface area contributed by atoms with Crippen molar-refractivity contribution in [2.24, 2.45) is 0 Å². The van der Waals surface area contributed by atoms with Gasteiger partial charge in [-0.1, -0.05) is 43.2 Å². The number of thiazole rings is 1. The van der Waals surface area contributed by atoms with E-state index in [0.717, 1.165) is 41.9 Å². The highest BCUT2D eigenvalue weighted by molar-refractivity contribution is 7.92. The van der Waals surface area contributed by atoms with Crippen molar-refractivity contribution >= 4 is 27.4 Å². The van der Waals surface area contributed by atoms with E-state index in [1.54, 1.807) is 6.08 Å². The Labute approximate surface area is 141 Å². The zero-order valence-electron chi connectivity index (χ0n) is 13.0. The zero-order chi connectivity index (χ0) is 16.3. The van der Waals surface area contributed by atoms with Gasteiger partial charge in [0.2, 0.25) is 10.0 Å². The number of aryl methyl sites for hydroxylation is 1. The summed E-state index contributed by atoms with van der Waals surface area (Å²) in [4.78, 5) is 4.53. The summed E-state index contributed by atoms with van der Waals surface area (Å²) in [5, 5.41) is 4.11. The molecule has 0 bridgehead atoms. The molecule has 1 aromatic carbocycles. The van der Waals surface area contributed by atoms with Crippen LogP contribution in [0.25, 0.3) is 6.08 Å². The maximum absolute atomic E-state index is 12.5. The Kier molecular flexibility index (Phi) is 4.66. The van der Waals surface area contributed by atoms with E-state index >= 15 is 0 Å². The molecule has 1 aliphatic carbocycles. The lowest BCUT2D eigenvalue weighted by Crippen LogP contribution is -2.42. The molecule has 4 nitrogen and oxygen atoms in total. The SMILES string of the molecule is Cc1csc(C2(NS(=O)(=O)C=Cc3ccccc3)CCCC2)n1. The first kappa shape index (κ1) is 16.4. The third-order valence-electron chi connectivity index (χ3n) is 4.06. The second-order valence-electron chi connectivity index (χ2n) is 5.94. The molecule has 1 heterocycles. The van der Waals surface area contributed by atoms with Gasteiger partial charge in [-0.2, -0.15) is 4.72 Å². The first-order valence-corrected chi connectivity index (χ1v) is 10.1. The second kappa shape index (κ2) is 6.55. The molecular weight excluding hydrogens is 328 g/mol. The van der Waals surface area contributed by atoms with Gasteiger partial charge in [-0.05, 0) is 31.4 Å². The van der Waals surface area contributed by atoms with E-state index in [1.165, 1.54) is 16.7 Å². The van der Waals surface area contributed by atoms with E-state index in [2.05, 4.69) is 9.71 Å². The summed E-state index contributed by atoms with van der Waals surface area (Å²) in [5.74, 6) is 0. The molecule has 6 heteroatoms. The molecule has 0 saturated heterocycles. The zero-order valence-corrected chi connectivity index (χ0v) is 14.7. The molecule has 3 rings (SSSR count). The van der Waals surface area contributed by atoms with Gasteiger partial charge in [0.25, 0.3) is 0 Å². The van der Waals surface area contributed by atoms with Crippen LogP contribution in [0.5, 0.6) is 0 Å². The summed E-state index contributed by atoms with van der Waals surface area (Å²) in [5.41, 5.74) is 1.26. The molecule has 1 saturated carbocycles. The molecule has 23 heavy (non-hydrogen) atoms. The summed E-state index contributed by atoms with van der Waals surface area (Å²) in [6.45, 7) is 1.94. The standard InChI is InChI=1S/C17H20N2O2S2/c1-14-13-22-16(18-14)17(10-5-6-11-17)19-23(20,21)12-9-15-7-3-2-4-8-15/h2-4,7-9,12-13,19H,5-6,10-11H2,1H3. The van der Waals surface area contributed by atoms with Gasteiger partial charge >= 0.3 is 0 Å². The number of aromatic nitrogens is 1. The summed E-state index contributed by atoms with van der Waals surface area (Å²) in [6.07, 6.45) is 5.27. The number of nitrogens with one attached hydrogen (secondary N) is 1. The predicted octanol–water partition coefficient (Wildman–Crippen LogP) is 3.81. The van der Waals surface area contributed by atoms with Crippen LogP contribution in [0.3, 0.4) is 0 Å². The van der Waals surface area contributed by atoms with Gasteiger partial charge in [0.1, 0.15) is 5.01 Å². The van der Waals surface area contributed by atoms with Crippen LogP contribution >= 0.6 is 11.3 Å². The van der Waals surface area contributed by atoms with Crippen LogP contribution in [0.2, 0.25) is 0 Å². The number of rotatable bonds is 5. The first-order valence-electron chi connectivity index (χ1n) is 7.69. The van der Waals surface area contributed by atoms with Crippen LogP contribution in [0.1, 0.15) is 41.9 Å². The molecule has 0 amide bonds. The maximum atomic E-state index is 12.5. The van der Waals surface area contributed by atoms with Crippen molar-refractivity contribution in [1.82, 2.24) is 9.71 Å². The Morgan fingerprint density at radius 2 is 1.91 bits per heavy atom. The predicted molar refractivity (Wildman–Crippen MR) is 94.5 cm³/mol. The molecular formula is C17H20N2O2S2. The summed E-state index contributed by atoms with van der Waals surface area (Å²) in [7, 11) is -3.52. The lowest BCUT2D eigenvalue weighted by molar-refractivity contribution is 0.404. The minimum Gasteiger partial charge on any atom is -0.245 e. The van der Waals surface area contributed by atoms with Gasteiger partial charge in [-0.15, -0.1) is 11.3 Å². The fraction of sp³-hybridized carbons (Fsp3) is 0.353. The smallest absolute Gasteiger partial charge is 0.234 e. The molecule has 0 aliphatic heterocycles. The summed E-state index contributed by atoms with van der Waals surface area (Å²) >= 11 is 1.54. The van der Waals surface area contributed by atoms with Gasteiger partial charge in [-0.3, -0.25) is 0 Å². The van der Waals surface area contributed by atoms with Crippen LogP contribution in [0, 0.1) is 6.92 Å². The highest BCUT2D eigenvalue weighted by Gasteiger charge is 2.40. The third kappa shape index (κ3) is 3.88. The fourth-order valence-electron chi connectivity index (χ4n) is 2.95. The minimum atomic E-state index is -3.52. The van der Waals surface area contributed by atoms with Gasteiger partial charge < -0.3 is 0 Å². The van der Waals surface area contributed by atoms with Crippen LogP contribution in [0.4, 0.5) is 0 Å². The van der Waals surface area contributed by atoms with E-state index in [0.29, 0.717) is 0 Å². The normalized spacial score (nSPS) is 17.8. The Hall–Kier alpha value is -1.50. The number of sulfonamides is 1. The van der Waals surface area contributed by atoms with Crippen LogP contribution in [-0.2, 0) is 15.6 Å². The monoisotopic (exact) mass is 348 g/mol. The average Bonchev–Trinajstić information content (AvgIpc) is 3.16. The molecule has 1 fully saturated rings. The van der Waals surface area contributed by atoms with E-state index < -0.39 is 15.6 Å². The van der Waals surface area contributed by atoms with Crippen molar-refractivity contribution in [3.8, 4) is 0 Å². The fourth-order valence-corrected chi connectivity index (χ4v) is 5.28. The van der Waals surface area contributed by atoms with Gasteiger partial charge in [-0.25, -0.2) is 13.4 Å². The Morgan fingerprint density at radius 1 is 1.22 bits per heavy atom. The molecule has 0 unspecified atom stereocenters. The molecule has 0 atom stereocenters. The Balaban J connectivity index is 1.84. The Bertz CT molecular complexity index is 789. The van der Waals surface area contributed by atoms with Gasteiger partial charge in [0.15, 0.2) is 0 Å². The highest BCUT2D eigenvalue weighted by atomic mass is 32.2. The molecule has 2 aromatic rings. The second-order valence-corrected chi connectivity index (χ2v) is 8.37. The van der Waals surface area contributed by atoms with Crippen LogP contribution in [0.15, 0.2) is 41.1 Å². The molecule has 1 aromatic heterocycles. The van der Waals surface area contributed by atoms with E-state index in [4.69, 9.17) is 0 Å². The first-order chi connectivity index (χ1) is 11.0. The quantitative estimate of drug-likeness (QED) is 0.894. The largest absolute Gasteiger partial charge is 0.245 e. The topological polar surface area (TPSA) is 59.1 Å². The lowest BCUT2D eigenvalue weighted by atomic mass is 10.0. The number of benzene rings is 1. The number of hydrogen-bond acceptors (Lipinski definition) is 4. The molecule has 1 N–H and O–H groups in total. The van der Waals surface area contributed by atoms with Crippen molar-refractivity contribution in [3.05, 3.63) is 57.4 Å². The highest BCUT2D eigenvalue weighted by Crippen LogP contribution is 2.40. The van der Waals surface area contributed by atoms with Crippen molar-refractivity contribution < 1.29 is 8.42 Å². The molecule has 0 spiro atoms. The summed E-state index contributed by atoms with van der Waals surface area (Å²) in [6, 6.07) is 9.43. The number of nitrogens with zero attached hydrogens (tertiary/aromatic N) is 1. The van der Waals surface area contributed by atoms with Crippen molar-refractivity contribution in [1.29, 1.82) is 0 Å². The maximum Gasteiger partial charge on any atom is 0.234 e. The number of hydrogen-bond donors (Lipinski definition) is 1. The van der Waals surface area contributed by atoms with Crippen LogP contribution < -0.4 is 4.72 Å². The van der Waals surface area contributed by atoms with Crippen molar-refractivity contribution in [3.63, 3.8) is 0 Å². The van der Waals surface area contributed by atoms with E-state index in [1.807, 2.05) is 42.6 Å². The van der Waals surface area contributed by atoms with E-state index in [9.17, 15) is 8.42 Å². The van der Waals surface area contributed by atoms with Crippen molar-refractivity contribution in [2.45, 2.75) is 38.1 Å². The summed E-state index contributed by atoms with van der Waals surface area (Å²) < 4.78 is 28.0. The van der Waals surface area contributed by atoms with E-state index in [-0.39, 0.29) is 0 Å². The Morgan fingerprint density at radius 3 is 2.52 bits per heavy atom. The molecule has 122 valence electrons. The van der Waals surface area contributed by atoms with Crippen molar-refractivity contribution in [2.75, 3.05) is 0 Å².